The summed E-state index contributed by atoms with van der Waals surface area (Å²) in [6.45, 7) is 7.06. The maximum absolute atomic E-state index is 12.7. The fourth-order valence-corrected chi connectivity index (χ4v) is 1.34. The summed E-state index contributed by atoms with van der Waals surface area (Å²) >= 11 is 0. The maximum atomic E-state index is 12.7. The molecule has 0 aliphatic carbocycles. The average Bonchev–Trinajstić information content (AvgIpc) is 2.35. The van der Waals surface area contributed by atoms with Crippen LogP contribution in [0.2, 0.25) is 0 Å². The van der Waals surface area contributed by atoms with Crippen LogP contribution >= 0.6 is 0 Å². The molecule has 0 unspecified atom stereocenters. The van der Waals surface area contributed by atoms with Crippen LogP contribution in [0, 0.1) is 12.7 Å². The Labute approximate surface area is 115 Å². The van der Waals surface area contributed by atoms with Crippen molar-refractivity contribution in [2.24, 2.45) is 0 Å². The van der Waals surface area contributed by atoms with Gasteiger partial charge in [-0.2, -0.15) is 0 Å². The minimum absolute atomic E-state index is 0.214. The van der Waals surface area contributed by atoms with E-state index >= 15 is 0 Å². The van der Waals surface area contributed by atoms with Crippen LogP contribution in [0.15, 0.2) is 18.2 Å². The van der Waals surface area contributed by atoms with Gasteiger partial charge in [0.25, 0.3) is 0 Å². The van der Waals surface area contributed by atoms with Crippen molar-refractivity contribution >= 4 is 5.78 Å². The van der Waals surface area contributed by atoms with Crippen LogP contribution in [0.4, 0.5) is 4.39 Å². The van der Waals surface area contributed by atoms with Gasteiger partial charge in [0.1, 0.15) is 5.78 Å². The van der Waals surface area contributed by atoms with Crippen LogP contribution < -0.4 is 10.1 Å². The molecule has 0 saturated carbocycles. The normalized spacial score (nSPS) is 9.53. The average molecular weight is 269 g/mol. The number of methoxy groups -OCH3 is 1. The molecule has 0 amide bonds. The van der Waals surface area contributed by atoms with Crippen LogP contribution in [0.5, 0.6) is 5.75 Å². The summed E-state index contributed by atoms with van der Waals surface area (Å²) in [4.78, 5) is 10.3. The van der Waals surface area contributed by atoms with Gasteiger partial charge >= 0.3 is 0 Å². The number of carbonyl (C=O) groups is 1. The summed E-state index contributed by atoms with van der Waals surface area (Å²) in [7, 11) is 1.45. The second kappa shape index (κ2) is 10.5. The lowest BCUT2D eigenvalue weighted by Crippen LogP contribution is -2.21. The lowest BCUT2D eigenvalue weighted by Gasteiger charge is -2.00. The van der Waals surface area contributed by atoms with E-state index in [1.807, 2.05) is 13.0 Å². The van der Waals surface area contributed by atoms with Crippen molar-refractivity contribution in [1.29, 1.82) is 0 Å². The summed E-state index contributed by atoms with van der Waals surface area (Å²) < 4.78 is 17.5. The highest BCUT2D eigenvalue weighted by Crippen LogP contribution is 2.16. The first-order valence-corrected chi connectivity index (χ1v) is 6.51. The largest absolute Gasteiger partial charge is 0.494 e. The zero-order chi connectivity index (χ0) is 14.7. The topological polar surface area (TPSA) is 38.3 Å². The van der Waals surface area contributed by atoms with E-state index in [4.69, 9.17) is 4.74 Å². The van der Waals surface area contributed by atoms with E-state index in [1.165, 1.54) is 19.6 Å². The van der Waals surface area contributed by atoms with E-state index in [1.54, 1.807) is 13.0 Å². The Morgan fingerprint density at radius 3 is 2.58 bits per heavy atom. The van der Waals surface area contributed by atoms with Crippen molar-refractivity contribution in [1.82, 2.24) is 5.32 Å². The summed E-state index contributed by atoms with van der Waals surface area (Å²) in [5.74, 6) is 0.208. The third-order valence-electron chi connectivity index (χ3n) is 2.39. The van der Waals surface area contributed by atoms with Gasteiger partial charge in [-0.3, -0.25) is 4.79 Å². The summed E-state index contributed by atoms with van der Waals surface area (Å²) in [5.41, 5.74) is 0.901. The van der Waals surface area contributed by atoms with Gasteiger partial charge in [-0.15, -0.1) is 0 Å². The molecule has 0 atom stereocenters. The van der Waals surface area contributed by atoms with E-state index in [2.05, 4.69) is 12.2 Å². The molecule has 0 fully saturated rings. The predicted octanol–water partition coefficient (Wildman–Crippen LogP) is 3.11. The zero-order valence-electron chi connectivity index (χ0n) is 12.3. The predicted molar refractivity (Wildman–Crippen MR) is 76.1 cm³/mol. The van der Waals surface area contributed by atoms with Gasteiger partial charge in [-0.05, 0) is 44.5 Å². The second-order valence-electron chi connectivity index (χ2n) is 4.37. The quantitative estimate of drug-likeness (QED) is 0.806. The molecule has 4 heteroatoms. The second-order valence-corrected chi connectivity index (χ2v) is 4.37. The number of Topliss-reactive ketones (excluding diaryl/α,β-unsaturated/α-hetero) is 1. The van der Waals surface area contributed by atoms with Gasteiger partial charge < -0.3 is 10.1 Å². The number of nitrogens with one attached hydrogen (secondary N) is 1. The number of unbranched alkanes of at least 4 members (excludes halogenated alkanes) is 1. The van der Waals surface area contributed by atoms with Crippen molar-refractivity contribution in [3.05, 3.63) is 29.6 Å². The highest BCUT2D eigenvalue weighted by Gasteiger charge is 1.99. The highest BCUT2D eigenvalue weighted by atomic mass is 19.1. The van der Waals surface area contributed by atoms with Gasteiger partial charge in [0.2, 0.25) is 0 Å². The van der Waals surface area contributed by atoms with Gasteiger partial charge in [-0.25, -0.2) is 4.39 Å². The molecule has 0 saturated heterocycles. The van der Waals surface area contributed by atoms with Crippen LogP contribution in [0.25, 0.3) is 0 Å². The minimum atomic E-state index is -0.303. The lowest BCUT2D eigenvalue weighted by molar-refractivity contribution is -0.116. The van der Waals surface area contributed by atoms with Crippen LogP contribution in [-0.4, -0.2) is 26.0 Å². The Bertz CT molecular complexity index is 380. The summed E-state index contributed by atoms with van der Waals surface area (Å²) in [5, 5.41) is 3.04. The number of rotatable bonds is 6. The van der Waals surface area contributed by atoms with Gasteiger partial charge in [-0.1, -0.05) is 19.4 Å². The number of hydrogen-bond donors (Lipinski definition) is 1. The molecule has 19 heavy (non-hydrogen) atoms. The van der Waals surface area contributed by atoms with Crippen LogP contribution in [0.1, 0.15) is 32.3 Å². The SMILES string of the molecule is CCCCNCC(C)=O.COc1ccc(C)cc1F. The molecule has 1 rings (SSSR count). The Hall–Kier alpha value is -1.42. The van der Waals surface area contributed by atoms with Gasteiger partial charge in [0.15, 0.2) is 11.6 Å². The molecule has 0 spiro atoms. The van der Waals surface area contributed by atoms with Crippen LogP contribution in [0.3, 0.4) is 0 Å². The monoisotopic (exact) mass is 269 g/mol. The molecule has 1 aromatic carbocycles. The lowest BCUT2D eigenvalue weighted by atomic mass is 10.2. The number of ketones is 1. The third-order valence-corrected chi connectivity index (χ3v) is 2.39. The molecule has 0 bridgehead atoms. The van der Waals surface area contributed by atoms with E-state index in [0.29, 0.717) is 12.3 Å². The number of aryl methyl sites for hydroxylation is 1. The molecule has 0 aliphatic heterocycles. The van der Waals surface area contributed by atoms with E-state index in [0.717, 1.165) is 18.5 Å². The van der Waals surface area contributed by atoms with E-state index < -0.39 is 0 Å². The maximum Gasteiger partial charge on any atom is 0.165 e. The van der Waals surface area contributed by atoms with E-state index in [9.17, 15) is 9.18 Å². The van der Waals surface area contributed by atoms with Crippen molar-refractivity contribution < 1.29 is 13.9 Å². The molecular weight excluding hydrogens is 245 g/mol. The molecular formula is C15H24FNO2. The third kappa shape index (κ3) is 9.19. The van der Waals surface area contributed by atoms with Crippen molar-refractivity contribution in [2.45, 2.75) is 33.6 Å². The Kier molecular flexibility index (Phi) is 9.71. The highest BCUT2D eigenvalue weighted by molar-refractivity contribution is 5.77. The fraction of sp³-hybridized carbons (Fsp3) is 0.533. The van der Waals surface area contributed by atoms with Crippen molar-refractivity contribution in [3.63, 3.8) is 0 Å². The fourth-order valence-electron chi connectivity index (χ4n) is 1.34. The standard InChI is InChI=1S/C8H9FO.C7H15NO/c1-6-3-4-8(10-2)7(9)5-6;1-3-4-5-8-6-7(2)9/h3-5H,1-2H3;8H,3-6H2,1-2H3. The minimum Gasteiger partial charge on any atom is -0.494 e. The molecule has 0 radical (unpaired) electrons. The Morgan fingerprint density at radius 2 is 2.11 bits per heavy atom. The molecule has 3 nitrogen and oxygen atoms in total. The number of ether oxygens (including phenoxy) is 1. The smallest absolute Gasteiger partial charge is 0.165 e. The molecule has 0 heterocycles. The number of carbonyl (C=O) groups excluding carboxylic acids is 1. The zero-order valence-corrected chi connectivity index (χ0v) is 12.3. The van der Waals surface area contributed by atoms with Crippen LogP contribution in [-0.2, 0) is 4.79 Å². The first kappa shape index (κ1) is 17.6. The van der Waals surface area contributed by atoms with Crippen molar-refractivity contribution in [2.75, 3.05) is 20.2 Å². The molecule has 1 N–H and O–H groups in total. The molecule has 1 aromatic rings. The van der Waals surface area contributed by atoms with Crippen molar-refractivity contribution in [3.8, 4) is 5.75 Å². The Morgan fingerprint density at radius 1 is 1.42 bits per heavy atom. The molecule has 108 valence electrons. The first-order valence-electron chi connectivity index (χ1n) is 6.51. The molecule has 0 aliphatic rings. The number of hydrogen-bond acceptors (Lipinski definition) is 3. The Balaban J connectivity index is 0.000000344. The first-order chi connectivity index (χ1) is 9.01. The van der Waals surface area contributed by atoms with Gasteiger partial charge in [0.05, 0.1) is 13.7 Å². The van der Waals surface area contributed by atoms with Gasteiger partial charge in [0, 0.05) is 0 Å². The van der Waals surface area contributed by atoms with E-state index in [-0.39, 0.29) is 11.6 Å². The summed E-state index contributed by atoms with van der Waals surface area (Å²) in [6, 6.07) is 4.87. The number of halogens is 1. The summed E-state index contributed by atoms with van der Waals surface area (Å²) in [6.07, 6.45) is 2.35. The molecule has 0 aromatic heterocycles. The number of benzene rings is 1.